The maximum absolute atomic E-state index is 6.89. The van der Waals surface area contributed by atoms with Gasteiger partial charge in [0, 0.05) is 23.7 Å². The third-order valence-electron chi connectivity index (χ3n) is 1.31. The minimum absolute atomic E-state index is 0.951. The van der Waals surface area contributed by atoms with Crippen molar-refractivity contribution >= 4 is 6.21 Å². The molecule has 0 aliphatic carbocycles. The molecule has 1 rings (SSSR count). The molecule has 0 saturated heterocycles. The number of rotatable bonds is 2. The Balaban J connectivity index is 2.86. The summed E-state index contributed by atoms with van der Waals surface area (Å²) in [4.78, 5) is 3.06. The predicted molar refractivity (Wildman–Crippen MR) is 38.1 cm³/mol. The lowest BCUT2D eigenvalue weighted by molar-refractivity contribution is 1.06. The molecule has 1 aromatic heterocycles. The minimum Gasteiger partial charge on any atom is -0.364 e. The number of H-pyrrole nitrogens is 1. The van der Waals surface area contributed by atoms with E-state index in [4.69, 9.17) is 5.41 Å². The second kappa shape index (κ2) is 2.49. The van der Waals surface area contributed by atoms with Crippen LogP contribution in [0.5, 0.6) is 0 Å². The number of aryl methyl sites for hydroxylation is 1. The molecule has 2 N–H and O–H groups in total. The van der Waals surface area contributed by atoms with E-state index in [0.29, 0.717) is 0 Å². The third-order valence-corrected chi connectivity index (χ3v) is 1.31. The Morgan fingerprint density at radius 3 is 2.89 bits per heavy atom. The average molecular weight is 122 g/mol. The Bertz CT molecular complexity index is 200. The number of nitrogens with one attached hydrogen (secondary N) is 2. The standard InChI is InChI=1S/C7H10N2/c1-2-7-3-6(4-8)5-9-7/h3-5,8-9H,2H2,1H3. The molecule has 0 saturated carbocycles. The second-order valence-corrected chi connectivity index (χ2v) is 1.96. The number of aromatic nitrogens is 1. The summed E-state index contributed by atoms with van der Waals surface area (Å²) in [5.74, 6) is 0. The Kier molecular flexibility index (Phi) is 1.68. The summed E-state index contributed by atoms with van der Waals surface area (Å²) in [5, 5.41) is 6.89. The largest absolute Gasteiger partial charge is 0.364 e. The summed E-state index contributed by atoms with van der Waals surface area (Å²) < 4.78 is 0. The molecule has 0 fully saturated rings. The molecule has 0 aromatic carbocycles. The Morgan fingerprint density at radius 1 is 1.78 bits per heavy atom. The molecule has 0 bridgehead atoms. The highest BCUT2D eigenvalue weighted by atomic mass is 14.7. The molecular formula is C7H10N2. The molecule has 0 unspecified atom stereocenters. The van der Waals surface area contributed by atoms with Crippen molar-refractivity contribution in [3.05, 3.63) is 23.5 Å². The van der Waals surface area contributed by atoms with E-state index in [-0.39, 0.29) is 0 Å². The van der Waals surface area contributed by atoms with E-state index < -0.39 is 0 Å². The summed E-state index contributed by atoms with van der Waals surface area (Å²) in [7, 11) is 0. The van der Waals surface area contributed by atoms with E-state index in [9.17, 15) is 0 Å². The van der Waals surface area contributed by atoms with Crippen LogP contribution in [0.4, 0.5) is 0 Å². The van der Waals surface area contributed by atoms with Crippen molar-refractivity contribution in [2.75, 3.05) is 0 Å². The quantitative estimate of drug-likeness (QED) is 0.559. The highest BCUT2D eigenvalue weighted by Gasteiger charge is 1.90. The predicted octanol–water partition coefficient (Wildman–Crippen LogP) is 1.57. The Labute approximate surface area is 54.4 Å². The molecule has 0 aliphatic rings. The van der Waals surface area contributed by atoms with Gasteiger partial charge in [-0.3, -0.25) is 0 Å². The summed E-state index contributed by atoms with van der Waals surface area (Å²) >= 11 is 0. The molecule has 2 nitrogen and oxygen atoms in total. The van der Waals surface area contributed by atoms with Crippen molar-refractivity contribution < 1.29 is 0 Å². The van der Waals surface area contributed by atoms with Crippen LogP contribution in [-0.2, 0) is 6.42 Å². The van der Waals surface area contributed by atoms with E-state index >= 15 is 0 Å². The van der Waals surface area contributed by atoms with Crippen LogP contribution in [0.25, 0.3) is 0 Å². The summed E-state index contributed by atoms with van der Waals surface area (Å²) in [6, 6.07) is 1.98. The van der Waals surface area contributed by atoms with Crippen molar-refractivity contribution in [2.45, 2.75) is 13.3 Å². The second-order valence-electron chi connectivity index (χ2n) is 1.96. The zero-order chi connectivity index (χ0) is 6.69. The average Bonchev–Trinajstić information content (AvgIpc) is 2.34. The van der Waals surface area contributed by atoms with Gasteiger partial charge in [0.15, 0.2) is 0 Å². The van der Waals surface area contributed by atoms with Crippen molar-refractivity contribution in [2.24, 2.45) is 0 Å². The van der Waals surface area contributed by atoms with Gasteiger partial charge in [-0.15, -0.1) is 0 Å². The van der Waals surface area contributed by atoms with Gasteiger partial charge >= 0.3 is 0 Å². The number of hydrogen-bond acceptors (Lipinski definition) is 1. The van der Waals surface area contributed by atoms with E-state index in [2.05, 4.69) is 11.9 Å². The van der Waals surface area contributed by atoms with Gasteiger partial charge in [0.05, 0.1) is 0 Å². The van der Waals surface area contributed by atoms with Crippen molar-refractivity contribution in [1.82, 2.24) is 4.98 Å². The lowest BCUT2D eigenvalue weighted by atomic mass is 10.3. The fourth-order valence-corrected chi connectivity index (χ4v) is 0.748. The van der Waals surface area contributed by atoms with Crippen molar-refractivity contribution in [3.63, 3.8) is 0 Å². The Morgan fingerprint density at radius 2 is 2.56 bits per heavy atom. The molecule has 2 heteroatoms. The van der Waals surface area contributed by atoms with Gasteiger partial charge in [-0.05, 0) is 12.5 Å². The molecule has 0 aliphatic heterocycles. The molecule has 0 atom stereocenters. The maximum atomic E-state index is 6.89. The zero-order valence-corrected chi connectivity index (χ0v) is 5.44. The number of aromatic amines is 1. The van der Waals surface area contributed by atoms with Crippen molar-refractivity contribution in [3.8, 4) is 0 Å². The SMILES string of the molecule is CCc1cc(C=N)c[nH]1. The van der Waals surface area contributed by atoms with Crippen LogP contribution < -0.4 is 0 Å². The van der Waals surface area contributed by atoms with E-state index in [1.54, 1.807) is 0 Å². The van der Waals surface area contributed by atoms with Crippen LogP contribution in [0.2, 0.25) is 0 Å². The molecule has 0 amide bonds. The highest BCUT2D eigenvalue weighted by molar-refractivity contribution is 5.76. The smallest absolute Gasteiger partial charge is 0.0265 e. The topological polar surface area (TPSA) is 39.6 Å². The lowest BCUT2D eigenvalue weighted by Crippen LogP contribution is -1.74. The van der Waals surface area contributed by atoms with Gasteiger partial charge in [0.2, 0.25) is 0 Å². The molecule has 9 heavy (non-hydrogen) atoms. The molecule has 0 radical (unpaired) electrons. The van der Waals surface area contributed by atoms with Crippen LogP contribution in [0, 0.1) is 5.41 Å². The summed E-state index contributed by atoms with van der Waals surface area (Å²) in [5.41, 5.74) is 2.14. The van der Waals surface area contributed by atoms with Gasteiger partial charge in [-0.2, -0.15) is 0 Å². The van der Waals surface area contributed by atoms with Crippen LogP contribution in [0.1, 0.15) is 18.2 Å². The first-order valence-corrected chi connectivity index (χ1v) is 3.04. The Hall–Kier alpha value is -1.05. The van der Waals surface area contributed by atoms with Gasteiger partial charge in [0.1, 0.15) is 0 Å². The molecule has 1 aromatic rings. The fourth-order valence-electron chi connectivity index (χ4n) is 0.748. The van der Waals surface area contributed by atoms with E-state index in [0.717, 1.165) is 12.0 Å². The first kappa shape index (κ1) is 6.08. The first-order valence-electron chi connectivity index (χ1n) is 3.04. The maximum Gasteiger partial charge on any atom is 0.0265 e. The molecule has 0 spiro atoms. The lowest BCUT2D eigenvalue weighted by Gasteiger charge is -1.82. The number of hydrogen-bond donors (Lipinski definition) is 2. The van der Waals surface area contributed by atoms with E-state index in [1.165, 1.54) is 11.9 Å². The van der Waals surface area contributed by atoms with Gasteiger partial charge in [-0.1, -0.05) is 6.92 Å². The van der Waals surface area contributed by atoms with Crippen LogP contribution in [0.3, 0.4) is 0 Å². The third kappa shape index (κ3) is 1.19. The molecular weight excluding hydrogens is 112 g/mol. The monoisotopic (exact) mass is 122 g/mol. The van der Waals surface area contributed by atoms with Gasteiger partial charge in [-0.25, -0.2) is 0 Å². The highest BCUT2D eigenvalue weighted by Crippen LogP contribution is 1.99. The zero-order valence-electron chi connectivity index (χ0n) is 5.44. The normalized spacial score (nSPS) is 9.44. The van der Waals surface area contributed by atoms with Crippen LogP contribution in [-0.4, -0.2) is 11.2 Å². The van der Waals surface area contributed by atoms with Gasteiger partial charge in [0.25, 0.3) is 0 Å². The minimum atomic E-state index is 0.951. The molecule has 48 valence electrons. The molecule has 1 heterocycles. The van der Waals surface area contributed by atoms with Crippen molar-refractivity contribution in [1.29, 1.82) is 5.41 Å². The summed E-state index contributed by atoms with van der Waals surface area (Å²) in [6.45, 7) is 2.08. The van der Waals surface area contributed by atoms with E-state index in [1.807, 2.05) is 12.3 Å². The van der Waals surface area contributed by atoms with Crippen LogP contribution >= 0.6 is 0 Å². The van der Waals surface area contributed by atoms with Crippen LogP contribution in [0.15, 0.2) is 12.3 Å². The van der Waals surface area contributed by atoms with Gasteiger partial charge < -0.3 is 10.4 Å². The summed E-state index contributed by atoms with van der Waals surface area (Å²) in [6.07, 6.45) is 4.19. The fraction of sp³-hybridized carbons (Fsp3) is 0.286. The first-order chi connectivity index (χ1) is 4.36.